The molecule has 3 nitrogen and oxygen atoms in total. The molecule has 0 saturated carbocycles. The molecule has 0 aliphatic heterocycles. The van der Waals surface area contributed by atoms with Gasteiger partial charge in [-0.3, -0.25) is 4.68 Å². The molecule has 0 aliphatic rings. The van der Waals surface area contributed by atoms with Crippen LogP contribution >= 0.6 is 0 Å². The normalized spacial score (nSPS) is 12.9. The Balaban J connectivity index is 3.13. The van der Waals surface area contributed by atoms with E-state index in [4.69, 9.17) is 5.26 Å². The third-order valence-corrected chi connectivity index (χ3v) is 1.75. The van der Waals surface area contributed by atoms with Crippen LogP contribution in [0.3, 0.4) is 0 Å². The van der Waals surface area contributed by atoms with Crippen molar-refractivity contribution < 1.29 is 8.78 Å². The van der Waals surface area contributed by atoms with Crippen LogP contribution in [0.1, 0.15) is 30.5 Å². The molecule has 70 valence electrons. The first-order valence-corrected chi connectivity index (χ1v) is 3.77. The second-order valence-corrected chi connectivity index (χ2v) is 2.79. The molecule has 0 spiro atoms. The molecule has 1 aromatic heterocycles. The number of nitriles is 1. The van der Waals surface area contributed by atoms with Gasteiger partial charge in [-0.15, -0.1) is 0 Å². The summed E-state index contributed by atoms with van der Waals surface area (Å²) in [6.07, 6.45) is -1.16. The lowest BCUT2D eigenvalue weighted by Crippen LogP contribution is -1.95. The van der Waals surface area contributed by atoms with Gasteiger partial charge in [0.05, 0.1) is 12.0 Å². The van der Waals surface area contributed by atoms with Gasteiger partial charge in [-0.1, -0.05) is 0 Å². The van der Waals surface area contributed by atoms with E-state index in [1.165, 1.54) is 10.9 Å². The summed E-state index contributed by atoms with van der Waals surface area (Å²) in [7, 11) is 1.56. The molecule has 0 radical (unpaired) electrons. The van der Waals surface area contributed by atoms with E-state index in [9.17, 15) is 8.78 Å². The molecule has 1 aromatic rings. The van der Waals surface area contributed by atoms with Gasteiger partial charge in [0.15, 0.2) is 0 Å². The van der Waals surface area contributed by atoms with E-state index in [0.29, 0.717) is 5.56 Å². The maximum absolute atomic E-state index is 12.4. The van der Waals surface area contributed by atoms with E-state index in [1.54, 1.807) is 14.0 Å². The molecule has 0 amide bonds. The molecule has 0 saturated heterocycles. The van der Waals surface area contributed by atoms with Crippen molar-refractivity contribution >= 4 is 0 Å². The van der Waals surface area contributed by atoms with Crippen molar-refractivity contribution in [2.24, 2.45) is 7.05 Å². The van der Waals surface area contributed by atoms with Crippen molar-refractivity contribution in [3.8, 4) is 6.07 Å². The molecule has 0 aromatic carbocycles. The standard InChI is InChI=1S/C8H9F2N3/c1-5(3-11)6-4-13(2)12-7(6)8(9)10/h4-5,8H,1-2H3. The molecule has 0 bridgehead atoms. The van der Waals surface area contributed by atoms with Crippen LogP contribution in [0.4, 0.5) is 8.78 Å². The first kappa shape index (κ1) is 9.65. The number of nitrogens with zero attached hydrogens (tertiary/aromatic N) is 3. The third kappa shape index (κ3) is 1.83. The fourth-order valence-electron chi connectivity index (χ4n) is 1.10. The molecular formula is C8H9F2N3. The SMILES string of the molecule is CC(C#N)c1cn(C)nc1C(F)F. The van der Waals surface area contributed by atoms with Crippen LogP contribution in [0.15, 0.2) is 6.20 Å². The van der Waals surface area contributed by atoms with Crippen molar-refractivity contribution in [2.45, 2.75) is 19.3 Å². The zero-order valence-electron chi connectivity index (χ0n) is 7.33. The van der Waals surface area contributed by atoms with E-state index in [2.05, 4.69) is 5.10 Å². The maximum Gasteiger partial charge on any atom is 0.282 e. The van der Waals surface area contributed by atoms with Gasteiger partial charge in [0.25, 0.3) is 6.43 Å². The lowest BCUT2D eigenvalue weighted by Gasteiger charge is -2.00. The van der Waals surface area contributed by atoms with Crippen LogP contribution in [0.25, 0.3) is 0 Å². The number of rotatable bonds is 2. The molecule has 1 rings (SSSR count). The van der Waals surface area contributed by atoms with Crippen LogP contribution in [-0.4, -0.2) is 9.78 Å². The Bertz CT molecular complexity index is 338. The van der Waals surface area contributed by atoms with E-state index < -0.39 is 12.3 Å². The fraction of sp³-hybridized carbons (Fsp3) is 0.500. The van der Waals surface area contributed by atoms with Gasteiger partial charge in [0.1, 0.15) is 5.69 Å². The van der Waals surface area contributed by atoms with Crippen molar-refractivity contribution in [2.75, 3.05) is 0 Å². The van der Waals surface area contributed by atoms with Crippen molar-refractivity contribution in [1.82, 2.24) is 9.78 Å². The van der Waals surface area contributed by atoms with E-state index in [-0.39, 0.29) is 5.69 Å². The number of aryl methyl sites for hydroxylation is 1. The van der Waals surface area contributed by atoms with Gasteiger partial charge < -0.3 is 0 Å². The smallest absolute Gasteiger partial charge is 0.275 e. The van der Waals surface area contributed by atoms with Gasteiger partial charge in [0, 0.05) is 18.8 Å². The minimum Gasteiger partial charge on any atom is -0.275 e. The predicted molar refractivity (Wildman–Crippen MR) is 42.2 cm³/mol. The van der Waals surface area contributed by atoms with Crippen molar-refractivity contribution in [3.05, 3.63) is 17.5 Å². The number of alkyl halides is 2. The van der Waals surface area contributed by atoms with Crippen LogP contribution in [0, 0.1) is 11.3 Å². The second-order valence-electron chi connectivity index (χ2n) is 2.79. The van der Waals surface area contributed by atoms with Gasteiger partial charge >= 0.3 is 0 Å². The monoisotopic (exact) mass is 185 g/mol. The Morgan fingerprint density at radius 1 is 1.62 bits per heavy atom. The summed E-state index contributed by atoms with van der Waals surface area (Å²) in [5.74, 6) is -0.544. The number of halogens is 2. The minimum atomic E-state index is -2.62. The van der Waals surface area contributed by atoms with E-state index in [0.717, 1.165) is 0 Å². The van der Waals surface area contributed by atoms with Crippen LogP contribution < -0.4 is 0 Å². The highest BCUT2D eigenvalue weighted by Gasteiger charge is 2.20. The molecule has 5 heteroatoms. The molecule has 13 heavy (non-hydrogen) atoms. The summed E-state index contributed by atoms with van der Waals surface area (Å²) < 4.78 is 26.0. The van der Waals surface area contributed by atoms with Crippen LogP contribution in [-0.2, 0) is 7.05 Å². The largest absolute Gasteiger partial charge is 0.282 e. The zero-order valence-corrected chi connectivity index (χ0v) is 7.33. The highest BCUT2D eigenvalue weighted by atomic mass is 19.3. The predicted octanol–water partition coefficient (Wildman–Crippen LogP) is 1.98. The van der Waals surface area contributed by atoms with E-state index in [1.807, 2.05) is 6.07 Å². The zero-order chi connectivity index (χ0) is 10.0. The second kappa shape index (κ2) is 3.52. The average molecular weight is 185 g/mol. The number of hydrogen-bond acceptors (Lipinski definition) is 2. The lowest BCUT2D eigenvalue weighted by atomic mass is 10.0. The number of hydrogen-bond donors (Lipinski definition) is 0. The molecule has 0 aliphatic carbocycles. The third-order valence-electron chi connectivity index (χ3n) is 1.75. The first-order chi connectivity index (χ1) is 6.06. The summed E-state index contributed by atoms with van der Waals surface area (Å²) in [5, 5.41) is 12.2. The Labute approximate surface area is 74.6 Å². The summed E-state index contributed by atoms with van der Waals surface area (Å²) in [6, 6.07) is 1.90. The molecule has 1 atom stereocenters. The fourth-order valence-corrected chi connectivity index (χ4v) is 1.10. The Morgan fingerprint density at radius 3 is 2.69 bits per heavy atom. The minimum absolute atomic E-state index is 0.295. The van der Waals surface area contributed by atoms with Crippen LogP contribution in [0.2, 0.25) is 0 Å². The maximum atomic E-state index is 12.4. The first-order valence-electron chi connectivity index (χ1n) is 3.77. The Hall–Kier alpha value is -1.44. The van der Waals surface area contributed by atoms with Gasteiger partial charge in [-0.2, -0.15) is 10.4 Å². The summed E-state index contributed by atoms with van der Waals surface area (Å²) >= 11 is 0. The van der Waals surface area contributed by atoms with Crippen molar-refractivity contribution in [3.63, 3.8) is 0 Å². The molecule has 1 heterocycles. The quantitative estimate of drug-likeness (QED) is 0.706. The van der Waals surface area contributed by atoms with Crippen molar-refractivity contribution in [1.29, 1.82) is 5.26 Å². The van der Waals surface area contributed by atoms with Crippen LogP contribution in [0.5, 0.6) is 0 Å². The summed E-state index contributed by atoms with van der Waals surface area (Å²) in [5.41, 5.74) is 0.0107. The Morgan fingerprint density at radius 2 is 2.23 bits per heavy atom. The highest BCUT2D eigenvalue weighted by molar-refractivity contribution is 5.26. The lowest BCUT2D eigenvalue weighted by molar-refractivity contribution is 0.144. The topological polar surface area (TPSA) is 41.6 Å². The van der Waals surface area contributed by atoms with Gasteiger partial charge in [-0.25, -0.2) is 8.78 Å². The highest BCUT2D eigenvalue weighted by Crippen LogP contribution is 2.26. The van der Waals surface area contributed by atoms with E-state index >= 15 is 0 Å². The Kier molecular flexibility index (Phi) is 2.61. The van der Waals surface area contributed by atoms with Gasteiger partial charge in [-0.05, 0) is 6.92 Å². The molecule has 0 N–H and O–H groups in total. The summed E-state index contributed by atoms with van der Waals surface area (Å²) in [4.78, 5) is 0. The van der Waals surface area contributed by atoms with Gasteiger partial charge in [0.2, 0.25) is 0 Å². The molecular weight excluding hydrogens is 176 g/mol. The molecule has 0 fully saturated rings. The number of aromatic nitrogens is 2. The average Bonchev–Trinajstić information content (AvgIpc) is 2.46. The molecule has 1 unspecified atom stereocenters. The summed E-state index contributed by atoms with van der Waals surface area (Å²) in [6.45, 7) is 1.57.